The summed E-state index contributed by atoms with van der Waals surface area (Å²) in [5.74, 6) is -0.306. The van der Waals surface area contributed by atoms with Gasteiger partial charge < -0.3 is 5.73 Å². The Hall–Kier alpha value is -0.620. The molecule has 1 aliphatic carbocycles. The lowest BCUT2D eigenvalue weighted by molar-refractivity contribution is -0.134. The van der Waals surface area contributed by atoms with Crippen molar-refractivity contribution >= 4 is 15.9 Å². The van der Waals surface area contributed by atoms with E-state index in [1.165, 1.54) is 13.8 Å². The van der Waals surface area contributed by atoms with Gasteiger partial charge in [-0.3, -0.25) is 4.79 Å². The summed E-state index contributed by atoms with van der Waals surface area (Å²) in [4.78, 5) is 11.9. The molecule has 0 aromatic heterocycles. The van der Waals surface area contributed by atoms with Crippen molar-refractivity contribution in [3.63, 3.8) is 0 Å². The van der Waals surface area contributed by atoms with Crippen LogP contribution in [0.1, 0.15) is 46.0 Å². The molecule has 17 heavy (non-hydrogen) atoms. The number of sulfonamides is 1. The molecule has 1 saturated carbocycles. The molecule has 0 spiro atoms. The minimum atomic E-state index is -3.49. The van der Waals surface area contributed by atoms with Gasteiger partial charge in [-0.05, 0) is 26.7 Å². The highest BCUT2D eigenvalue weighted by atomic mass is 32.2. The summed E-state index contributed by atoms with van der Waals surface area (Å²) in [6.07, 6.45) is 4.52. The molecule has 2 atom stereocenters. The molecular weight excluding hydrogens is 240 g/mol. The second-order valence-corrected chi connectivity index (χ2v) is 7.85. The average Bonchev–Trinajstić information content (AvgIpc) is 2.44. The van der Waals surface area contributed by atoms with Crippen LogP contribution in [0.3, 0.4) is 0 Å². The molecular formula is C11H20N2O3S. The fourth-order valence-electron chi connectivity index (χ4n) is 2.63. The number of hydrogen-bond donors (Lipinski definition) is 1. The van der Waals surface area contributed by atoms with E-state index < -0.39 is 14.8 Å². The lowest BCUT2D eigenvalue weighted by Gasteiger charge is -2.48. The van der Waals surface area contributed by atoms with E-state index in [9.17, 15) is 13.2 Å². The van der Waals surface area contributed by atoms with Crippen LogP contribution in [0.4, 0.5) is 0 Å². The molecule has 6 heteroatoms. The summed E-state index contributed by atoms with van der Waals surface area (Å²) < 4.78 is 24.0. The normalized spacial score (nSPS) is 36.2. The summed E-state index contributed by atoms with van der Waals surface area (Å²) in [5.41, 5.74) is 6.00. The zero-order chi connectivity index (χ0) is 12.8. The van der Waals surface area contributed by atoms with Crippen LogP contribution >= 0.6 is 0 Å². The van der Waals surface area contributed by atoms with Gasteiger partial charge in [0.15, 0.2) is 4.75 Å². The molecule has 0 radical (unpaired) electrons. The Morgan fingerprint density at radius 2 is 1.82 bits per heavy atom. The third kappa shape index (κ3) is 1.69. The molecule has 5 nitrogen and oxygen atoms in total. The number of nitrogens with two attached hydrogens (primary N) is 1. The highest BCUT2D eigenvalue weighted by Gasteiger charge is 2.62. The summed E-state index contributed by atoms with van der Waals surface area (Å²) in [6, 6.07) is -0.546. The van der Waals surface area contributed by atoms with Crippen molar-refractivity contribution in [1.82, 2.24) is 4.31 Å². The molecule has 2 rings (SSSR count). The number of nitrogens with zero attached hydrogens (tertiary/aromatic N) is 1. The van der Waals surface area contributed by atoms with Gasteiger partial charge in [-0.1, -0.05) is 19.3 Å². The lowest BCUT2D eigenvalue weighted by atomic mass is 10.0. The molecule has 1 aliphatic heterocycles. The van der Waals surface area contributed by atoms with Crippen LogP contribution in [-0.2, 0) is 14.8 Å². The van der Waals surface area contributed by atoms with Gasteiger partial charge in [-0.25, -0.2) is 12.7 Å². The van der Waals surface area contributed by atoms with Gasteiger partial charge in [0.05, 0.1) is 6.04 Å². The maximum Gasteiger partial charge on any atom is 0.259 e. The summed E-state index contributed by atoms with van der Waals surface area (Å²) in [5, 5.41) is 0. The van der Waals surface area contributed by atoms with E-state index in [-0.39, 0.29) is 18.0 Å². The fourth-order valence-corrected chi connectivity index (χ4v) is 4.37. The smallest absolute Gasteiger partial charge is 0.259 e. The van der Waals surface area contributed by atoms with Crippen molar-refractivity contribution in [2.45, 2.75) is 62.8 Å². The van der Waals surface area contributed by atoms with Crippen molar-refractivity contribution in [1.29, 1.82) is 0 Å². The molecule has 1 heterocycles. The first-order valence-corrected chi connectivity index (χ1v) is 7.58. The Balaban J connectivity index is 2.26. The van der Waals surface area contributed by atoms with Crippen molar-refractivity contribution in [2.24, 2.45) is 5.73 Å². The number of hydrogen-bond acceptors (Lipinski definition) is 4. The molecule has 0 aromatic rings. The number of rotatable bonds is 1. The summed E-state index contributed by atoms with van der Waals surface area (Å²) in [7, 11) is -3.49. The topological polar surface area (TPSA) is 80.5 Å². The van der Waals surface area contributed by atoms with E-state index >= 15 is 0 Å². The standard InChI is InChI=1S/C11H20N2O3S/c1-11(2)10(14)13(17(11,15)16)9-7-5-3-4-6-8(9)12/h8-9H,3-7,12H2,1-2H3. The van der Waals surface area contributed by atoms with Crippen LogP contribution < -0.4 is 5.73 Å². The van der Waals surface area contributed by atoms with Gasteiger partial charge in [0.2, 0.25) is 0 Å². The second-order valence-electron chi connectivity index (χ2n) is 5.49. The quantitative estimate of drug-likeness (QED) is 0.700. The molecule has 1 saturated heterocycles. The number of amides is 1. The minimum Gasteiger partial charge on any atom is -0.326 e. The summed E-state index contributed by atoms with van der Waals surface area (Å²) >= 11 is 0. The van der Waals surface area contributed by atoms with Crippen LogP contribution in [-0.4, -0.2) is 35.5 Å². The van der Waals surface area contributed by atoms with E-state index in [4.69, 9.17) is 5.73 Å². The Bertz CT molecular complexity index is 430. The van der Waals surface area contributed by atoms with E-state index in [1.807, 2.05) is 0 Å². The fraction of sp³-hybridized carbons (Fsp3) is 0.909. The van der Waals surface area contributed by atoms with E-state index in [1.54, 1.807) is 0 Å². The van der Waals surface area contributed by atoms with Gasteiger partial charge in [0.1, 0.15) is 0 Å². The third-order valence-corrected chi connectivity index (χ3v) is 6.37. The SMILES string of the molecule is CC1(C)C(=O)N(C2CCCCCC2N)S1(=O)=O. The third-order valence-electron chi connectivity index (χ3n) is 3.95. The first-order chi connectivity index (χ1) is 7.80. The molecule has 2 N–H and O–H groups in total. The van der Waals surface area contributed by atoms with E-state index in [2.05, 4.69) is 0 Å². The Kier molecular flexibility index (Phi) is 2.98. The first-order valence-electron chi connectivity index (χ1n) is 6.14. The largest absolute Gasteiger partial charge is 0.326 e. The highest BCUT2D eigenvalue weighted by Crippen LogP contribution is 2.39. The van der Waals surface area contributed by atoms with Crippen molar-refractivity contribution in [3.8, 4) is 0 Å². The van der Waals surface area contributed by atoms with Gasteiger partial charge >= 0.3 is 0 Å². The number of carbonyl (C=O) groups is 1. The maximum atomic E-state index is 12.1. The van der Waals surface area contributed by atoms with Crippen molar-refractivity contribution < 1.29 is 13.2 Å². The Morgan fingerprint density at radius 3 is 2.41 bits per heavy atom. The molecule has 0 bridgehead atoms. The minimum absolute atomic E-state index is 0.215. The Morgan fingerprint density at radius 1 is 1.24 bits per heavy atom. The molecule has 1 amide bonds. The predicted octanol–water partition coefficient (Wildman–Crippen LogP) is 0.597. The predicted molar refractivity (Wildman–Crippen MR) is 64.7 cm³/mol. The van der Waals surface area contributed by atoms with Crippen LogP contribution in [0.25, 0.3) is 0 Å². The first kappa shape index (κ1) is 12.8. The highest BCUT2D eigenvalue weighted by molar-refractivity contribution is 7.94. The van der Waals surface area contributed by atoms with E-state index in [0.29, 0.717) is 6.42 Å². The molecule has 0 aromatic carbocycles. The van der Waals surface area contributed by atoms with Gasteiger partial charge in [0.25, 0.3) is 15.9 Å². The van der Waals surface area contributed by atoms with Crippen LogP contribution in [0.15, 0.2) is 0 Å². The van der Waals surface area contributed by atoms with Gasteiger partial charge in [0, 0.05) is 6.04 Å². The van der Waals surface area contributed by atoms with Gasteiger partial charge in [-0.15, -0.1) is 0 Å². The van der Waals surface area contributed by atoms with Crippen molar-refractivity contribution in [3.05, 3.63) is 0 Å². The molecule has 2 unspecified atom stereocenters. The summed E-state index contributed by atoms with van der Waals surface area (Å²) in [6.45, 7) is 2.92. The second kappa shape index (κ2) is 3.95. The van der Waals surface area contributed by atoms with Gasteiger partial charge in [-0.2, -0.15) is 0 Å². The number of carbonyl (C=O) groups excluding carboxylic acids is 1. The zero-order valence-electron chi connectivity index (χ0n) is 10.3. The van der Waals surface area contributed by atoms with Crippen LogP contribution in [0.5, 0.6) is 0 Å². The van der Waals surface area contributed by atoms with Crippen molar-refractivity contribution in [2.75, 3.05) is 0 Å². The molecule has 2 fully saturated rings. The van der Waals surface area contributed by atoms with Crippen LogP contribution in [0, 0.1) is 0 Å². The van der Waals surface area contributed by atoms with Crippen LogP contribution in [0.2, 0.25) is 0 Å². The lowest BCUT2D eigenvalue weighted by Crippen LogP contribution is -2.72. The maximum absolute atomic E-state index is 12.1. The van der Waals surface area contributed by atoms with E-state index in [0.717, 1.165) is 30.0 Å². The molecule has 98 valence electrons. The monoisotopic (exact) mass is 260 g/mol. The average molecular weight is 260 g/mol. The zero-order valence-corrected chi connectivity index (χ0v) is 11.2. The molecule has 2 aliphatic rings. The Labute approximate surface area is 102 Å².